The minimum absolute atomic E-state index is 0.126. The van der Waals surface area contributed by atoms with Gasteiger partial charge in [0.15, 0.2) is 6.61 Å². The second-order valence-electron chi connectivity index (χ2n) is 6.54. The fourth-order valence-electron chi connectivity index (χ4n) is 1.79. The standard InChI is InChI=1S/C18H23FN2O4/c1-18(2,3)20-15(22)11-21(4)16(23)12-25-17(24)10-7-13-5-8-14(19)9-6-13/h5-10H,11-12H2,1-4H3,(H,20,22)/b10-7+. The van der Waals surface area contributed by atoms with Gasteiger partial charge in [0, 0.05) is 18.7 Å². The zero-order valence-corrected chi connectivity index (χ0v) is 14.8. The molecule has 0 aliphatic carbocycles. The predicted molar refractivity (Wildman–Crippen MR) is 91.9 cm³/mol. The van der Waals surface area contributed by atoms with Gasteiger partial charge in [-0.3, -0.25) is 9.59 Å². The van der Waals surface area contributed by atoms with Gasteiger partial charge in [0.25, 0.3) is 5.91 Å². The number of hydrogen-bond acceptors (Lipinski definition) is 4. The smallest absolute Gasteiger partial charge is 0.331 e. The van der Waals surface area contributed by atoms with Crippen LogP contribution in [-0.2, 0) is 19.1 Å². The molecule has 1 aromatic rings. The van der Waals surface area contributed by atoms with E-state index in [-0.39, 0.29) is 18.3 Å². The Balaban J connectivity index is 2.40. The van der Waals surface area contributed by atoms with E-state index in [4.69, 9.17) is 4.74 Å². The summed E-state index contributed by atoms with van der Waals surface area (Å²) in [6.45, 7) is 4.91. The van der Waals surface area contributed by atoms with Gasteiger partial charge in [-0.25, -0.2) is 9.18 Å². The molecule has 1 aromatic carbocycles. The molecule has 0 atom stereocenters. The van der Waals surface area contributed by atoms with Gasteiger partial charge in [-0.15, -0.1) is 0 Å². The van der Waals surface area contributed by atoms with Crippen LogP contribution in [0.5, 0.6) is 0 Å². The molecule has 0 aromatic heterocycles. The highest BCUT2D eigenvalue weighted by Gasteiger charge is 2.18. The van der Waals surface area contributed by atoms with Crippen molar-refractivity contribution in [3.05, 3.63) is 41.7 Å². The summed E-state index contributed by atoms with van der Waals surface area (Å²) in [7, 11) is 1.45. The first-order valence-corrected chi connectivity index (χ1v) is 7.72. The molecule has 2 amide bonds. The highest BCUT2D eigenvalue weighted by molar-refractivity contribution is 5.90. The number of amides is 2. The molecule has 6 nitrogen and oxygen atoms in total. The fourth-order valence-corrected chi connectivity index (χ4v) is 1.79. The third-order valence-corrected chi connectivity index (χ3v) is 2.94. The minimum atomic E-state index is -0.704. The Hall–Kier alpha value is -2.70. The quantitative estimate of drug-likeness (QED) is 0.626. The average Bonchev–Trinajstić information content (AvgIpc) is 2.50. The van der Waals surface area contributed by atoms with E-state index in [0.29, 0.717) is 5.56 Å². The summed E-state index contributed by atoms with van der Waals surface area (Å²) in [4.78, 5) is 36.4. The molecule has 0 radical (unpaired) electrons. The lowest BCUT2D eigenvalue weighted by Crippen LogP contribution is -2.46. The van der Waals surface area contributed by atoms with Crippen LogP contribution < -0.4 is 5.32 Å². The lowest BCUT2D eigenvalue weighted by molar-refractivity contribution is -0.148. The molecule has 1 rings (SSSR count). The third kappa shape index (κ3) is 8.64. The molecule has 0 saturated carbocycles. The number of rotatable bonds is 6. The summed E-state index contributed by atoms with van der Waals surface area (Å²) in [6.07, 6.45) is 2.60. The van der Waals surface area contributed by atoms with Crippen molar-refractivity contribution in [2.45, 2.75) is 26.3 Å². The first-order chi connectivity index (χ1) is 11.6. The Bertz CT molecular complexity index is 648. The van der Waals surface area contributed by atoms with Crippen LogP contribution in [0.15, 0.2) is 30.3 Å². The Morgan fingerprint density at radius 3 is 2.36 bits per heavy atom. The molecule has 136 valence electrons. The van der Waals surface area contributed by atoms with E-state index in [9.17, 15) is 18.8 Å². The maximum atomic E-state index is 12.8. The van der Waals surface area contributed by atoms with E-state index < -0.39 is 24.0 Å². The first-order valence-electron chi connectivity index (χ1n) is 7.72. The van der Waals surface area contributed by atoms with Gasteiger partial charge < -0.3 is 15.0 Å². The zero-order chi connectivity index (χ0) is 19.0. The molecule has 0 aliphatic rings. The number of halogens is 1. The normalized spacial score (nSPS) is 11.2. The zero-order valence-electron chi connectivity index (χ0n) is 14.8. The Morgan fingerprint density at radius 1 is 1.20 bits per heavy atom. The third-order valence-electron chi connectivity index (χ3n) is 2.94. The summed E-state index contributed by atoms with van der Waals surface area (Å²) in [5.74, 6) is -1.87. The molecule has 0 spiro atoms. The van der Waals surface area contributed by atoms with Crippen molar-refractivity contribution in [3.8, 4) is 0 Å². The van der Waals surface area contributed by atoms with Crippen molar-refractivity contribution in [2.75, 3.05) is 20.2 Å². The van der Waals surface area contributed by atoms with Crippen molar-refractivity contribution < 1.29 is 23.5 Å². The van der Waals surface area contributed by atoms with Crippen LogP contribution in [-0.4, -0.2) is 48.4 Å². The number of nitrogens with zero attached hydrogens (tertiary/aromatic N) is 1. The van der Waals surface area contributed by atoms with Crippen LogP contribution in [0.4, 0.5) is 4.39 Å². The Kier molecular flexibility index (Phi) is 7.29. The number of esters is 1. The summed E-state index contributed by atoms with van der Waals surface area (Å²) in [6, 6.07) is 5.55. The van der Waals surface area contributed by atoms with Gasteiger partial charge in [0.1, 0.15) is 5.82 Å². The monoisotopic (exact) mass is 350 g/mol. The Labute approximate surface area is 146 Å². The van der Waals surface area contributed by atoms with Crippen molar-refractivity contribution in [1.82, 2.24) is 10.2 Å². The summed E-state index contributed by atoms with van der Waals surface area (Å²) in [5.41, 5.74) is 0.235. The van der Waals surface area contributed by atoms with E-state index in [2.05, 4.69) is 5.32 Å². The average molecular weight is 350 g/mol. The second-order valence-corrected chi connectivity index (χ2v) is 6.54. The summed E-state index contributed by atoms with van der Waals surface area (Å²) < 4.78 is 17.6. The number of carbonyl (C=O) groups is 3. The second kappa shape index (κ2) is 8.96. The molecular formula is C18H23FN2O4. The molecule has 0 aliphatic heterocycles. The van der Waals surface area contributed by atoms with Crippen LogP contribution >= 0.6 is 0 Å². The van der Waals surface area contributed by atoms with Crippen LogP contribution in [0, 0.1) is 5.82 Å². The van der Waals surface area contributed by atoms with E-state index in [1.165, 1.54) is 42.3 Å². The SMILES string of the molecule is CN(CC(=O)NC(C)(C)C)C(=O)COC(=O)/C=C/c1ccc(F)cc1. The molecule has 7 heteroatoms. The molecule has 0 fully saturated rings. The highest BCUT2D eigenvalue weighted by atomic mass is 19.1. The number of ether oxygens (including phenoxy) is 1. The molecule has 0 saturated heterocycles. The van der Waals surface area contributed by atoms with Gasteiger partial charge in [-0.05, 0) is 44.5 Å². The van der Waals surface area contributed by atoms with Gasteiger partial charge in [-0.2, -0.15) is 0 Å². The van der Waals surface area contributed by atoms with Crippen LogP contribution in [0.3, 0.4) is 0 Å². The van der Waals surface area contributed by atoms with Gasteiger partial charge in [0.2, 0.25) is 5.91 Å². The van der Waals surface area contributed by atoms with Crippen molar-refractivity contribution >= 4 is 23.9 Å². The van der Waals surface area contributed by atoms with Crippen LogP contribution in [0.1, 0.15) is 26.3 Å². The number of likely N-dealkylation sites (N-methyl/N-ethyl adjacent to an activating group) is 1. The van der Waals surface area contributed by atoms with Gasteiger partial charge in [0.05, 0.1) is 6.54 Å². The number of hydrogen-bond donors (Lipinski definition) is 1. The minimum Gasteiger partial charge on any atom is -0.452 e. The van der Waals surface area contributed by atoms with E-state index in [1.54, 1.807) is 0 Å². The lowest BCUT2D eigenvalue weighted by atomic mass is 10.1. The Morgan fingerprint density at radius 2 is 1.80 bits per heavy atom. The van der Waals surface area contributed by atoms with Gasteiger partial charge in [-0.1, -0.05) is 12.1 Å². The first kappa shape index (κ1) is 20.3. The maximum absolute atomic E-state index is 12.8. The van der Waals surface area contributed by atoms with E-state index in [1.807, 2.05) is 20.8 Å². The summed E-state index contributed by atoms with van der Waals surface area (Å²) in [5, 5.41) is 2.73. The van der Waals surface area contributed by atoms with E-state index >= 15 is 0 Å². The topological polar surface area (TPSA) is 75.7 Å². The van der Waals surface area contributed by atoms with Crippen molar-refractivity contribution in [2.24, 2.45) is 0 Å². The van der Waals surface area contributed by atoms with Crippen molar-refractivity contribution in [1.29, 1.82) is 0 Å². The fraction of sp³-hybridized carbons (Fsp3) is 0.389. The summed E-state index contributed by atoms with van der Waals surface area (Å²) >= 11 is 0. The molecule has 25 heavy (non-hydrogen) atoms. The van der Waals surface area contributed by atoms with E-state index in [0.717, 1.165) is 6.08 Å². The number of benzene rings is 1. The van der Waals surface area contributed by atoms with Crippen molar-refractivity contribution in [3.63, 3.8) is 0 Å². The lowest BCUT2D eigenvalue weighted by Gasteiger charge is -2.23. The van der Waals surface area contributed by atoms with Gasteiger partial charge >= 0.3 is 5.97 Å². The number of nitrogens with one attached hydrogen (secondary N) is 1. The van der Waals surface area contributed by atoms with Crippen LogP contribution in [0.25, 0.3) is 6.08 Å². The molecular weight excluding hydrogens is 327 g/mol. The van der Waals surface area contributed by atoms with Crippen LogP contribution in [0.2, 0.25) is 0 Å². The number of carbonyl (C=O) groups excluding carboxylic acids is 3. The molecule has 0 bridgehead atoms. The largest absolute Gasteiger partial charge is 0.452 e. The molecule has 0 heterocycles. The molecule has 1 N–H and O–H groups in total. The highest BCUT2D eigenvalue weighted by Crippen LogP contribution is 2.04. The molecule has 0 unspecified atom stereocenters. The maximum Gasteiger partial charge on any atom is 0.331 e. The predicted octanol–water partition coefficient (Wildman–Crippen LogP) is 1.76.